The maximum atomic E-state index is 13.5. The first-order valence-electron chi connectivity index (χ1n) is 6.93. The van der Waals surface area contributed by atoms with E-state index in [1.807, 2.05) is 13.0 Å². The summed E-state index contributed by atoms with van der Waals surface area (Å²) in [7, 11) is 0. The third kappa shape index (κ3) is 5.17. The predicted octanol–water partition coefficient (Wildman–Crippen LogP) is 2.87. The molecule has 1 aromatic rings. The van der Waals surface area contributed by atoms with E-state index in [2.05, 4.69) is 0 Å². The Labute approximate surface area is 113 Å². The minimum atomic E-state index is -0.294. The van der Waals surface area contributed by atoms with Gasteiger partial charge < -0.3 is 15.2 Å². The van der Waals surface area contributed by atoms with E-state index >= 15 is 0 Å². The van der Waals surface area contributed by atoms with Crippen LogP contribution in [0.25, 0.3) is 0 Å². The standard InChI is InChI=1S/C15H22FNO2/c1-2-14(17)6-12-5-13(16)8-15(7-12)19-10-18-9-11-3-4-11/h5,7-8,11,14H,2-4,6,9-10,17H2,1H3. The summed E-state index contributed by atoms with van der Waals surface area (Å²) < 4.78 is 24.3. The number of nitrogens with two attached hydrogens (primary N) is 1. The normalized spacial score (nSPS) is 16.4. The van der Waals surface area contributed by atoms with Crippen LogP contribution >= 0.6 is 0 Å². The van der Waals surface area contributed by atoms with Crippen molar-refractivity contribution in [3.05, 3.63) is 29.6 Å². The lowest BCUT2D eigenvalue weighted by Crippen LogP contribution is -2.21. The van der Waals surface area contributed by atoms with Crippen molar-refractivity contribution in [1.29, 1.82) is 0 Å². The highest BCUT2D eigenvalue weighted by molar-refractivity contribution is 5.30. The second-order valence-electron chi connectivity index (χ2n) is 5.24. The highest BCUT2D eigenvalue weighted by Gasteiger charge is 2.21. The first-order chi connectivity index (χ1) is 9.17. The first-order valence-corrected chi connectivity index (χ1v) is 6.93. The van der Waals surface area contributed by atoms with Gasteiger partial charge in [-0.05, 0) is 49.3 Å². The van der Waals surface area contributed by atoms with Crippen molar-refractivity contribution in [2.45, 2.75) is 38.6 Å². The van der Waals surface area contributed by atoms with E-state index in [4.69, 9.17) is 15.2 Å². The molecule has 4 heteroatoms. The van der Waals surface area contributed by atoms with Crippen LogP contribution in [-0.2, 0) is 11.2 Å². The number of hydrogen-bond donors (Lipinski definition) is 1. The second-order valence-corrected chi connectivity index (χ2v) is 5.24. The lowest BCUT2D eigenvalue weighted by Gasteiger charge is -2.11. The van der Waals surface area contributed by atoms with Gasteiger partial charge in [0.2, 0.25) is 0 Å². The Balaban J connectivity index is 1.83. The maximum Gasteiger partial charge on any atom is 0.189 e. The summed E-state index contributed by atoms with van der Waals surface area (Å²) in [5, 5.41) is 0. The molecule has 1 saturated carbocycles. The van der Waals surface area contributed by atoms with Crippen molar-refractivity contribution < 1.29 is 13.9 Å². The van der Waals surface area contributed by atoms with Crippen LogP contribution in [0.4, 0.5) is 4.39 Å². The summed E-state index contributed by atoms with van der Waals surface area (Å²) in [4.78, 5) is 0. The average Bonchev–Trinajstić information content (AvgIpc) is 3.18. The topological polar surface area (TPSA) is 44.5 Å². The summed E-state index contributed by atoms with van der Waals surface area (Å²) in [5.41, 5.74) is 6.75. The van der Waals surface area contributed by atoms with Crippen LogP contribution in [0.15, 0.2) is 18.2 Å². The van der Waals surface area contributed by atoms with Gasteiger partial charge in [0.05, 0.1) is 6.61 Å². The van der Waals surface area contributed by atoms with Crippen molar-refractivity contribution in [2.75, 3.05) is 13.4 Å². The van der Waals surface area contributed by atoms with E-state index < -0.39 is 0 Å². The molecule has 3 nitrogen and oxygen atoms in total. The molecule has 0 bridgehead atoms. The molecular weight excluding hydrogens is 245 g/mol. The molecule has 1 fully saturated rings. The molecule has 0 radical (unpaired) electrons. The molecule has 1 aliphatic carbocycles. The molecule has 0 aliphatic heterocycles. The second kappa shape index (κ2) is 6.87. The molecule has 1 aliphatic rings. The largest absolute Gasteiger partial charge is 0.467 e. The zero-order chi connectivity index (χ0) is 13.7. The SMILES string of the molecule is CCC(N)Cc1cc(F)cc(OCOCC2CC2)c1. The molecule has 0 saturated heterocycles. The van der Waals surface area contributed by atoms with Crippen LogP contribution in [0.5, 0.6) is 5.75 Å². The fourth-order valence-electron chi connectivity index (χ4n) is 1.88. The molecule has 0 amide bonds. The lowest BCUT2D eigenvalue weighted by atomic mass is 10.0. The molecule has 0 spiro atoms. The van der Waals surface area contributed by atoms with Gasteiger partial charge in [-0.1, -0.05) is 6.92 Å². The van der Waals surface area contributed by atoms with E-state index in [1.54, 1.807) is 0 Å². The van der Waals surface area contributed by atoms with Crippen LogP contribution in [-0.4, -0.2) is 19.4 Å². The summed E-state index contributed by atoms with van der Waals surface area (Å²) in [6, 6.07) is 4.77. The molecular formula is C15H22FNO2. The number of benzene rings is 1. The summed E-state index contributed by atoms with van der Waals surface area (Å²) in [6.45, 7) is 2.94. The maximum absolute atomic E-state index is 13.5. The molecule has 0 aromatic heterocycles. The smallest absolute Gasteiger partial charge is 0.189 e. The van der Waals surface area contributed by atoms with Gasteiger partial charge in [-0.3, -0.25) is 0 Å². The molecule has 19 heavy (non-hydrogen) atoms. The summed E-state index contributed by atoms with van der Waals surface area (Å²) in [6.07, 6.45) is 4.03. The molecule has 1 aromatic carbocycles. The van der Waals surface area contributed by atoms with Crippen molar-refractivity contribution in [1.82, 2.24) is 0 Å². The van der Waals surface area contributed by atoms with Gasteiger partial charge in [-0.15, -0.1) is 0 Å². The van der Waals surface area contributed by atoms with Gasteiger partial charge in [-0.25, -0.2) is 4.39 Å². The van der Waals surface area contributed by atoms with Crippen molar-refractivity contribution >= 4 is 0 Å². The minimum Gasteiger partial charge on any atom is -0.467 e. The Hall–Kier alpha value is -1.13. The van der Waals surface area contributed by atoms with Gasteiger partial charge in [0.1, 0.15) is 11.6 Å². The number of ether oxygens (including phenoxy) is 2. The predicted molar refractivity (Wildman–Crippen MR) is 72.5 cm³/mol. The third-order valence-corrected chi connectivity index (χ3v) is 3.31. The Morgan fingerprint density at radius 3 is 2.84 bits per heavy atom. The van der Waals surface area contributed by atoms with E-state index in [9.17, 15) is 4.39 Å². The van der Waals surface area contributed by atoms with Gasteiger partial charge in [0, 0.05) is 12.1 Å². The molecule has 1 atom stereocenters. The number of halogens is 1. The summed E-state index contributed by atoms with van der Waals surface area (Å²) in [5.74, 6) is 0.918. The van der Waals surface area contributed by atoms with Gasteiger partial charge >= 0.3 is 0 Å². The molecule has 106 valence electrons. The highest BCUT2D eigenvalue weighted by atomic mass is 19.1. The molecule has 0 heterocycles. The quantitative estimate of drug-likeness (QED) is 0.582. The van der Waals surface area contributed by atoms with Crippen LogP contribution in [0, 0.1) is 11.7 Å². The lowest BCUT2D eigenvalue weighted by molar-refractivity contribution is 0.00980. The molecule has 2 N–H and O–H groups in total. The third-order valence-electron chi connectivity index (χ3n) is 3.31. The fourth-order valence-corrected chi connectivity index (χ4v) is 1.88. The van der Waals surface area contributed by atoms with Crippen LogP contribution in [0.2, 0.25) is 0 Å². The van der Waals surface area contributed by atoms with E-state index in [0.29, 0.717) is 18.1 Å². The Bertz CT molecular complexity index is 407. The monoisotopic (exact) mass is 267 g/mol. The van der Waals surface area contributed by atoms with Gasteiger partial charge in [-0.2, -0.15) is 0 Å². The zero-order valence-electron chi connectivity index (χ0n) is 11.4. The van der Waals surface area contributed by atoms with Crippen LogP contribution in [0.1, 0.15) is 31.7 Å². The van der Waals surface area contributed by atoms with Gasteiger partial charge in [0.15, 0.2) is 6.79 Å². The van der Waals surface area contributed by atoms with E-state index in [1.165, 1.54) is 25.0 Å². The van der Waals surface area contributed by atoms with E-state index in [-0.39, 0.29) is 18.7 Å². The first kappa shape index (κ1) is 14.3. The van der Waals surface area contributed by atoms with Crippen molar-refractivity contribution in [2.24, 2.45) is 11.7 Å². The summed E-state index contributed by atoms with van der Waals surface area (Å²) >= 11 is 0. The van der Waals surface area contributed by atoms with Crippen LogP contribution in [0.3, 0.4) is 0 Å². The Morgan fingerprint density at radius 1 is 1.37 bits per heavy atom. The highest BCUT2D eigenvalue weighted by Crippen LogP contribution is 2.28. The van der Waals surface area contributed by atoms with Gasteiger partial charge in [0.25, 0.3) is 0 Å². The van der Waals surface area contributed by atoms with E-state index in [0.717, 1.165) is 18.6 Å². The average molecular weight is 267 g/mol. The molecule has 1 unspecified atom stereocenters. The zero-order valence-corrected chi connectivity index (χ0v) is 11.4. The fraction of sp³-hybridized carbons (Fsp3) is 0.600. The van der Waals surface area contributed by atoms with Crippen LogP contribution < -0.4 is 10.5 Å². The number of rotatable bonds is 8. The van der Waals surface area contributed by atoms with Crippen molar-refractivity contribution in [3.63, 3.8) is 0 Å². The Morgan fingerprint density at radius 2 is 2.16 bits per heavy atom. The van der Waals surface area contributed by atoms with Crippen molar-refractivity contribution in [3.8, 4) is 5.75 Å². The minimum absolute atomic E-state index is 0.0563. The number of hydrogen-bond acceptors (Lipinski definition) is 3. The Kier molecular flexibility index (Phi) is 5.16. The molecule has 2 rings (SSSR count).